The number of ether oxygens (including phenoxy) is 4. The van der Waals surface area contributed by atoms with Crippen LogP contribution >= 0.6 is 0 Å². The van der Waals surface area contributed by atoms with Crippen LogP contribution in [0.2, 0.25) is 0 Å². The molecule has 8 atom stereocenters. The molecule has 5 heteroatoms. The number of esters is 1. The quantitative estimate of drug-likeness (QED) is 0.243. The monoisotopic (exact) mass is 386 g/mol. The number of rotatable bonds is 4. The van der Waals surface area contributed by atoms with E-state index in [2.05, 4.69) is 26.8 Å². The number of carbonyl (C=O) groups excluding carboxylic acids is 1. The van der Waals surface area contributed by atoms with Crippen molar-refractivity contribution in [2.75, 3.05) is 6.61 Å². The summed E-state index contributed by atoms with van der Waals surface area (Å²) in [6, 6.07) is 0. The van der Waals surface area contributed by atoms with Gasteiger partial charge in [0.2, 0.25) is 0 Å². The molecule has 0 aromatic carbocycles. The molecule has 3 saturated heterocycles. The van der Waals surface area contributed by atoms with Crippen LogP contribution in [0.1, 0.15) is 47.0 Å². The minimum atomic E-state index is -0.300. The molecule has 3 heterocycles. The number of fused-ring (bicyclic) bond motifs is 2. The largest absolute Gasteiger partial charge is 0.458 e. The summed E-state index contributed by atoms with van der Waals surface area (Å²) in [5.74, 6) is -0.299. The molecule has 152 valence electrons. The Morgan fingerprint density at radius 1 is 1.29 bits per heavy atom. The Kier molecular flexibility index (Phi) is 4.01. The Morgan fingerprint density at radius 2 is 2.04 bits per heavy atom. The van der Waals surface area contributed by atoms with Crippen molar-refractivity contribution in [1.29, 1.82) is 0 Å². The molecule has 28 heavy (non-hydrogen) atoms. The van der Waals surface area contributed by atoms with Gasteiger partial charge < -0.3 is 18.9 Å². The summed E-state index contributed by atoms with van der Waals surface area (Å²) in [6.45, 7) is 9.46. The molecule has 0 amide bonds. The lowest BCUT2D eigenvalue weighted by molar-refractivity contribution is -0.209. The summed E-state index contributed by atoms with van der Waals surface area (Å²) in [6.07, 6.45) is 12.4. The second kappa shape index (κ2) is 6.04. The van der Waals surface area contributed by atoms with Crippen molar-refractivity contribution >= 4 is 5.97 Å². The predicted molar refractivity (Wildman–Crippen MR) is 104 cm³/mol. The lowest BCUT2D eigenvalue weighted by atomic mass is 9.52. The minimum absolute atomic E-state index is 0.00657. The molecule has 1 saturated carbocycles. The Bertz CT molecular complexity index is 778. The molecular weight excluding hydrogens is 356 g/mol. The summed E-state index contributed by atoms with van der Waals surface area (Å²) in [5, 5.41) is 0. The lowest BCUT2D eigenvalue weighted by Crippen LogP contribution is -2.63. The van der Waals surface area contributed by atoms with Crippen molar-refractivity contribution in [3.63, 3.8) is 0 Å². The molecule has 1 unspecified atom stereocenters. The van der Waals surface area contributed by atoms with Gasteiger partial charge in [-0.05, 0) is 26.7 Å². The Labute approximate surface area is 166 Å². The molecule has 0 N–H and O–H groups in total. The molecule has 4 fully saturated rings. The van der Waals surface area contributed by atoms with Gasteiger partial charge >= 0.3 is 5.97 Å². The van der Waals surface area contributed by atoms with Crippen molar-refractivity contribution in [2.24, 2.45) is 10.8 Å². The van der Waals surface area contributed by atoms with Gasteiger partial charge in [0.15, 0.2) is 0 Å². The van der Waals surface area contributed by atoms with Crippen LogP contribution in [0.4, 0.5) is 0 Å². The van der Waals surface area contributed by atoms with E-state index in [1.807, 2.05) is 19.1 Å². The standard InChI is InChI=1S/C23H30O5/c1-14-9-10-21(3)17(11-14)27-19-12-18(22(21,4)23(19)13-25-23)28-20(24)8-6-5-7-16-15(2)26-16/h5-8,11,15-19H,9-10,12-13H2,1-4H3/b7-5+,8-6-/t15-,16-,17-,18-,19-,21+,22-,23?/m1/s1. The number of allylic oxidation sites excluding steroid dienone is 3. The zero-order valence-corrected chi connectivity index (χ0v) is 17.1. The third-order valence-corrected chi connectivity index (χ3v) is 8.19. The van der Waals surface area contributed by atoms with Crippen LogP contribution in [0.15, 0.2) is 36.0 Å². The number of hydrogen-bond donors (Lipinski definition) is 0. The third kappa shape index (κ3) is 2.45. The molecular formula is C23H30O5. The summed E-state index contributed by atoms with van der Waals surface area (Å²) in [5.41, 5.74) is 0.729. The highest BCUT2D eigenvalue weighted by Crippen LogP contribution is 2.71. The van der Waals surface area contributed by atoms with Gasteiger partial charge in [-0.2, -0.15) is 0 Å². The van der Waals surface area contributed by atoms with Gasteiger partial charge in [-0.1, -0.05) is 43.7 Å². The maximum atomic E-state index is 12.5. The summed E-state index contributed by atoms with van der Waals surface area (Å²) in [4.78, 5) is 12.5. The summed E-state index contributed by atoms with van der Waals surface area (Å²) in [7, 11) is 0. The zero-order chi connectivity index (χ0) is 19.7. The lowest BCUT2D eigenvalue weighted by Gasteiger charge is -2.57. The topological polar surface area (TPSA) is 60.6 Å². The first-order chi connectivity index (χ1) is 13.3. The van der Waals surface area contributed by atoms with E-state index in [0.29, 0.717) is 13.0 Å². The Morgan fingerprint density at radius 3 is 2.71 bits per heavy atom. The van der Waals surface area contributed by atoms with E-state index in [-0.39, 0.29) is 52.9 Å². The first kappa shape index (κ1) is 18.6. The number of carbonyl (C=O) groups is 1. The van der Waals surface area contributed by atoms with Crippen molar-refractivity contribution < 1.29 is 23.7 Å². The summed E-state index contributed by atoms with van der Waals surface area (Å²) >= 11 is 0. The molecule has 3 aliphatic heterocycles. The molecule has 5 aliphatic rings. The summed E-state index contributed by atoms with van der Waals surface area (Å²) < 4.78 is 23.9. The van der Waals surface area contributed by atoms with Gasteiger partial charge in [0.25, 0.3) is 0 Å². The van der Waals surface area contributed by atoms with Crippen LogP contribution in [0.5, 0.6) is 0 Å². The molecule has 5 nitrogen and oxygen atoms in total. The minimum Gasteiger partial charge on any atom is -0.458 e. The van der Waals surface area contributed by atoms with Crippen LogP contribution in [0.25, 0.3) is 0 Å². The average Bonchev–Trinajstić information content (AvgIpc) is 3.55. The highest BCUT2D eigenvalue weighted by Gasteiger charge is 2.81. The molecule has 2 aliphatic carbocycles. The fourth-order valence-electron chi connectivity index (χ4n) is 5.91. The zero-order valence-electron chi connectivity index (χ0n) is 17.1. The fraction of sp³-hybridized carbons (Fsp3) is 0.696. The van der Waals surface area contributed by atoms with Crippen molar-refractivity contribution in [2.45, 2.75) is 83.1 Å². The van der Waals surface area contributed by atoms with Gasteiger partial charge in [-0.25, -0.2) is 4.79 Å². The van der Waals surface area contributed by atoms with Crippen LogP contribution in [0, 0.1) is 10.8 Å². The molecule has 0 aromatic rings. The Balaban J connectivity index is 1.35. The normalized spacial score (nSPS) is 51.4. The van der Waals surface area contributed by atoms with Gasteiger partial charge in [0.1, 0.15) is 17.8 Å². The predicted octanol–water partition coefficient (Wildman–Crippen LogP) is 3.49. The second-order valence-corrected chi connectivity index (χ2v) is 9.57. The first-order valence-corrected chi connectivity index (χ1v) is 10.5. The van der Waals surface area contributed by atoms with Crippen LogP contribution in [-0.4, -0.2) is 48.7 Å². The molecule has 0 radical (unpaired) electrons. The molecule has 0 aromatic heterocycles. The van der Waals surface area contributed by atoms with Gasteiger partial charge in [0.05, 0.1) is 24.9 Å². The van der Waals surface area contributed by atoms with Gasteiger partial charge in [-0.3, -0.25) is 0 Å². The van der Waals surface area contributed by atoms with Crippen LogP contribution in [0.3, 0.4) is 0 Å². The molecule has 1 spiro atoms. The van der Waals surface area contributed by atoms with E-state index < -0.39 is 0 Å². The molecule has 5 rings (SSSR count). The average molecular weight is 386 g/mol. The third-order valence-electron chi connectivity index (χ3n) is 8.19. The van der Waals surface area contributed by atoms with Crippen molar-refractivity contribution in [1.82, 2.24) is 0 Å². The maximum absolute atomic E-state index is 12.5. The van der Waals surface area contributed by atoms with E-state index >= 15 is 0 Å². The number of epoxide rings is 2. The first-order valence-electron chi connectivity index (χ1n) is 10.5. The second-order valence-electron chi connectivity index (χ2n) is 9.57. The maximum Gasteiger partial charge on any atom is 0.331 e. The van der Waals surface area contributed by atoms with E-state index in [4.69, 9.17) is 18.9 Å². The van der Waals surface area contributed by atoms with Gasteiger partial charge in [0, 0.05) is 23.3 Å². The smallest absolute Gasteiger partial charge is 0.331 e. The molecule has 2 bridgehead atoms. The van der Waals surface area contributed by atoms with E-state index in [1.54, 1.807) is 6.08 Å². The van der Waals surface area contributed by atoms with Gasteiger partial charge in [-0.15, -0.1) is 0 Å². The van der Waals surface area contributed by atoms with E-state index in [0.717, 1.165) is 12.8 Å². The van der Waals surface area contributed by atoms with Crippen molar-refractivity contribution in [3.8, 4) is 0 Å². The van der Waals surface area contributed by atoms with Crippen LogP contribution < -0.4 is 0 Å². The SMILES string of the molecule is CC1=C[C@H]2O[C@@H]3C[C@@H](OC(=O)/C=C\C=C\[C@H]4O[C@@H]4C)[C@@](C)(C34CO4)[C@@]2(C)CC1. The van der Waals surface area contributed by atoms with E-state index in [1.165, 1.54) is 11.6 Å². The highest BCUT2D eigenvalue weighted by atomic mass is 16.6. The Hall–Kier alpha value is -1.43. The highest BCUT2D eigenvalue weighted by molar-refractivity contribution is 5.82. The van der Waals surface area contributed by atoms with E-state index in [9.17, 15) is 4.79 Å². The van der Waals surface area contributed by atoms with Crippen molar-refractivity contribution in [3.05, 3.63) is 36.0 Å². The fourth-order valence-corrected chi connectivity index (χ4v) is 5.91. The number of hydrogen-bond acceptors (Lipinski definition) is 5. The van der Waals surface area contributed by atoms with Crippen LogP contribution in [-0.2, 0) is 23.7 Å².